The molecule has 6 nitrogen and oxygen atoms in total. The number of hydrogen-bond acceptors (Lipinski definition) is 5. The first kappa shape index (κ1) is 17.5. The number of methoxy groups -OCH3 is 1. The highest BCUT2D eigenvalue weighted by Gasteiger charge is 2.26. The maximum atomic E-state index is 12.3. The molecule has 1 aliphatic rings. The van der Waals surface area contributed by atoms with Gasteiger partial charge in [-0.1, -0.05) is 35.6 Å². The highest BCUT2D eigenvalue weighted by atomic mass is 32.1. The molecule has 0 fully saturated rings. The van der Waals surface area contributed by atoms with E-state index in [1.54, 1.807) is 7.11 Å². The zero-order valence-electron chi connectivity index (χ0n) is 14.8. The molecule has 1 unspecified atom stereocenters. The lowest BCUT2D eigenvalue weighted by molar-refractivity contribution is -0.121. The van der Waals surface area contributed by atoms with Gasteiger partial charge in [-0.3, -0.25) is 9.59 Å². The average molecular weight is 381 g/mol. The Morgan fingerprint density at radius 1 is 1.30 bits per heavy atom. The number of benzene rings is 2. The number of thiazole rings is 1. The number of nitrogens with one attached hydrogen (secondary N) is 2. The Labute approximate surface area is 160 Å². The fraction of sp³-hybridized carbons (Fsp3) is 0.250. The first-order valence-corrected chi connectivity index (χ1v) is 9.58. The molecule has 1 aliphatic heterocycles. The second-order valence-electron chi connectivity index (χ2n) is 6.46. The first-order valence-electron chi connectivity index (χ1n) is 8.76. The van der Waals surface area contributed by atoms with Gasteiger partial charge >= 0.3 is 0 Å². The minimum absolute atomic E-state index is 0.0220. The molecular weight excluding hydrogens is 362 g/mol. The maximum Gasteiger partial charge on any atom is 0.227 e. The molecule has 2 heterocycles. The van der Waals surface area contributed by atoms with Gasteiger partial charge in [-0.15, -0.1) is 0 Å². The van der Waals surface area contributed by atoms with E-state index >= 15 is 0 Å². The van der Waals surface area contributed by atoms with Gasteiger partial charge in [-0.2, -0.15) is 0 Å². The van der Waals surface area contributed by atoms with Gasteiger partial charge in [0.25, 0.3) is 0 Å². The lowest BCUT2D eigenvalue weighted by Gasteiger charge is -2.24. The fourth-order valence-corrected chi connectivity index (χ4v) is 4.17. The van der Waals surface area contributed by atoms with Crippen molar-refractivity contribution in [2.75, 3.05) is 17.7 Å². The highest BCUT2D eigenvalue weighted by molar-refractivity contribution is 7.22. The van der Waals surface area contributed by atoms with Gasteiger partial charge in [-0.05, 0) is 36.6 Å². The van der Waals surface area contributed by atoms with E-state index in [1.165, 1.54) is 11.3 Å². The normalized spacial score (nSPS) is 15.9. The number of rotatable bonds is 5. The molecule has 1 aromatic heterocycles. The molecule has 2 amide bonds. The van der Waals surface area contributed by atoms with Crippen molar-refractivity contribution in [2.24, 2.45) is 5.92 Å². The molecule has 1 atom stereocenters. The summed E-state index contributed by atoms with van der Waals surface area (Å²) in [6, 6.07) is 13.4. The van der Waals surface area contributed by atoms with Crippen LogP contribution in [0.15, 0.2) is 42.5 Å². The summed E-state index contributed by atoms with van der Waals surface area (Å²) in [4.78, 5) is 29.0. The predicted octanol–water partition coefficient (Wildman–Crippen LogP) is 3.83. The number of anilines is 2. The number of hydrogen-bond donors (Lipinski definition) is 2. The molecule has 3 aromatic rings. The number of para-hydroxylation sites is 2. The van der Waals surface area contributed by atoms with Crippen molar-refractivity contribution in [2.45, 2.75) is 19.3 Å². The first-order chi connectivity index (χ1) is 13.1. The van der Waals surface area contributed by atoms with E-state index < -0.39 is 0 Å². The molecule has 2 aromatic carbocycles. The Morgan fingerprint density at radius 3 is 3.00 bits per heavy atom. The van der Waals surface area contributed by atoms with Crippen molar-refractivity contribution in [1.82, 2.24) is 4.98 Å². The number of ether oxygens (including phenoxy) is 1. The summed E-state index contributed by atoms with van der Waals surface area (Å²) in [6.07, 6.45) is 1.43. The summed E-state index contributed by atoms with van der Waals surface area (Å²) in [6.45, 7) is 0. The summed E-state index contributed by atoms with van der Waals surface area (Å²) >= 11 is 1.41. The Hall–Kier alpha value is -2.93. The summed E-state index contributed by atoms with van der Waals surface area (Å²) in [7, 11) is 1.60. The number of aromatic nitrogens is 1. The molecular formula is C20H19N3O3S. The number of carbonyl (C=O) groups excluding carboxylic acids is 2. The minimum Gasteiger partial charge on any atom is -0.494 e. The van der Waals surface area contributed by atoms with Crippen LogP contribution in [-0.2, 0) is 16.0 Å². The van der Waals surface area contributed by atoms with E-state index in [0.717, 1.165) is 21.5 Å². The second-order valence-corrected chi connectivity index (χ2v) is 7.49. The largest absolute Gasteiger partial charge is 0.494 e. The summed E-state index contributed by atoms with van der Waals surface area (Å²) in [5.41, 5.74) is 2.72. The van der Waals surface area contributed by atoms with Gasteiger partial charge in [0.05, 0.1) is 11.8 Å². The standard InChI is InChI=1S/C20H19N3O3S/c1-26-15-7-4-8-16-18(15)23-20(27-16)22-17(24)10-9-13-11-12-5-2-3-6-14(12)21-19(13)25/h2-8,13H,9-11H2,1H3,(H,21,25)(H,22,23,24). The van der Waals surface area contributed by atoms with Gasteiger partial charge in [0.1, 0.15) is 11.3 Å². The highest BCUT2D eigenvalue weighted by Crippen LogP contribution is 2.32. The quantitative estimate of drug-likeness (QED) is 0.704. The van der Waals surface area contributed by atoms with Crippen LogP contribution >= 0.6 is 11.3 Å². The number of nitrogens with zero attached hydrogens (tertiary/aromatic N) is 1. The molecule has 0 spiro atoms. The van der Waals surface area contributed by atoms with Crippen molar-refractivity contribution in [3.8, 4) is 5.75 Å². The number of fused-ring (bicyclic) bond motifs is 2. The Kier molecular flexibility index (Phi) is 4.77. The summed E-state index contributed by atoms with van der Waals surface area (Å²) in [5, 5.41) is 6.30. The van der Waals surface area contributed by atoms with Crippen molar-refractivity contribution < 1.29 is 14.3 Å². The summed E-state index contributed by atoms with van der Waals surface area (Å²) in [5.74, 6) is 0.328. The van der Waals surface area contributed by atoms with Gasteiger partial charge in [-0.25, -0.2) is 4.98 Å². The van der Waals surface area contributed by atoms with Crippen LogP contribution in [0, 0.1) is 5.92 Å². The van der Waals surface area contributed by atoms with Crippen molar-refractivity contribution in [3.05, 3.63) is 48.0 Å². The Morgan fingerprint density at radius 2 is 2.15 bits per heavy atom. The molecule has 27 heavy (non-hydrogen) atoms. The Bertz CT molecular complexity index is 1010. The Balaban J connectivity index is 1.38. The van der Waals surface area contributed by atoms with Crippen LogP contribution in [-0.4, -0.2) is 23.9 Å². The second kappa shape index (κ2) is 7.36. The fourth-order valence-electron chi connectivity index (χ4n) is 3.27. The maximum absolute atomic E-state index is 12.3. The monoisotopic (exact) mass is 381 g/mol. The number of amides is 2. The van der Waals surface area contributed by atoms with Crippen LogP contribution in [0.1, 0.15) is 18.4 Å². The molecule has 0 radical (unpaired) electrons. The van der Waals surface area contributed by atoms with Crippen molar-refractivity contribution in [1.29, 1.82) is 0 Å². The topological polar surface area (TPSA) is 80.3 Å². The van der Waals surface area contributed by atoms with Gasteiger partial charge < -0.3 is 15.4 Å². The zero-order chi connectivity index (χ0) is 18.8. The summed E-state index contributed by atoms with van der Waals surface area (Å²) < 4.78 is 6.25. The van der Waals surface area contributed by atoms with Gasteiger partial charge in [0, 0.05) is 18.0 Å². The molecule has 0 bridgehead atoms. The van der Waals surface area contributed by atoms with Gasteiger partial charge in [0.2, 0.25) is 11.8 Å². The van der Waals surface area contributed by atoms with Crippen molar-refractivity contribution in [3.63, 3.8) is 0 Å². The van der Waals surface area contributed by atoms with E-state index in [9.17, 15) is 9.59 Å². The average Bonchev–Trinajstić information content (AvgIpc) is 3.08. The molecule has 7 heteroatoms. The lowest BCUT2D eigenvalue weighted by Crippen LogP contribution is -2.30. The van der Waals surface area contributed by atoms with Crippen LogP contribution in [0.4, 0.5) is 10.8 Å². The van der Waals surface area contributed by atoms with Crippen LogP contribution in [0.3, 0.4) is 0 Å². The lowest BCUT2D eigenvalue weighted by atomic mass is 9.89. The molecule has 4 rings (SSSR count). The van der Waals surface area contributed by atoms with E-state index in [2.05, 4.69) is 15.6 Å². The van der Waals surface area contributed by atoms with E-state index in [1.807, 2.05) is 42.5 Å². The van der Waals surface area contributed by atoms with Crippen LogP contribution < -0.4 is 15.4 Å². The van der Waals surface area contributed by atoms with E-state index in [-0.39, 0.29) is 24.2 Å². The third-order valence-corrected chi connectivity index (χ3v) is 5.62. The molecule has 0 saturated heterocycles. The SMILES string of the molecule is COc1cccc2sc(NC(=O)CCC3Cc4ccccc4NC3=O)nc12. The van der Waals surface area contributed by atoms with E-state index in [0.29, 0.717) is 23.7 Å². The molecule has 0 aliphatic carbocycles. The van der Waals surface area contributed by atoms with Crippen molar-refractivity contribution >= 4 is 44.2 Å². The van der Waals surface area contributed by atoms with E-state index in [4.69, 9.17) is 4.74 Å². The van der Waals surface area contributed by atoms with Crippen LogP contribution in [0.2, 0.25) is 0 Å². The van der Waals surface area contributed by atoms with Crippen LogP contribution in [0.25, 0.3) is 10.2 Å². The molecule has 138 valence electrons. The molecule has 0 saturated carbocycles. The predicted molar refractivity (Wildman–Crippen MR) is 106 cm³/mol. The third kappa shape index (κ3) is 3.64. The third-order valence-electron chi connectivity index (χ3n) is 4.68. The smallest absolute Gasteiger partial charge is 0.227 e. The number of carbonyl (C=O) groups is 2. The minimum atomic E-state index is -0.193. The molecule has 2 N–H and O–H groups in total. The van der Waals surface area contributed by atoms with Crippen LogP contribution in [0.5, 0.6) is 5.75 Å². The zero-order valence-corrected chi connectivity index (χ0v) is 15.6. The van der Waals surface area contributed by atoms with Gasteiger partial charge in [0.15, 0.2) is 5.13 Å².